The van der Waals surface area contributed by atoms with E-state index in [0.29, 0.717) is 0 Å². The molecule has 13 rings (SSSR count). The van der Waals surface area contributed by atoms with Crippen LogP contribution in [0.2, 0.25) is 0 Å². The third-order valence-electron chi connectivity index (χ3n) is 13.1. The van der Waals surface area contributed by atoms with Gasteiger partial charge in [0.2, 0.25) is 0 Å². The minimum atomic E-state index is 0.900. The summed E-state index contributed by atoms with van der Waals surface area (Å²) >= 11 is 0. The maximum Gasteiger partial charge on any atom is 0.136 e. The molecule has 0 atom stereocenters. The fourth-order valence-electron chi connectivity index (χ4n) is 9.97. The maximum atomic E-state index is 6.28. The largest absolute Gasteiger partial charge is 0.456 e. The fourth-order valence-corrected chi connectivity index (χ4v) is 9.97. The molecule has 4 nitrogen and oxygen atoms in total. The Bertz CT molecular complexity index is 3950. The fraction of sp³-hybridized carbons (Fsp3) is 0. The number of hydrogen-bond acceptors (Lipinski definition) is 3. The van der Waals surface area contributed by atoms with E-state index >= 15 is 0 Å². The summed E-state index contributed by atoms with van der Waals surface area (Å²) in [5, 5.41) is 9.34. The predicted octanol–water partition coefficient (Wildman–Crippen LogP) is 17.6. The highest BCUT2D eigenvalue weighted by Crippen LogP contribution is 2.44. The van der Waals surface area contributed by atoms with Crippen molar-refractivity contribution in [3.05, 3.63) is 249 Å². The van der Waals surface area contributed by atoms with Gasteiger partial charge in [-0.15, -0.1) is 0 Å². The molecule has 13 aromatic rings. The number of benzene rings is 11. The molecular weight excluding hydrogens is 803 g/mol. The van der Waals surface area contributed by atoms with Gasteiger partial charge in [0, 0.05) is 61.4 Å². The van der Waals surface area contributed by atoms with Crippen LogP contribution in [0.5, 0.6) is 0 Å². The molecule has 0 bridgehead atoms. The van der Waals surface area contributed by atoms with Gasteiger partial charge in [-0.3, -0.25) is 0 Å². The molecule has 310 valence electrons. The summed E-state index contributed by atoms with van der Waals surface area (Å²) in [4.78, 5) is 4.77. The molecule has 0 aliphatic rings. The van der Waals surface area contributed by atoms with Crippen LogP contribution in [-0.4, -0.2) is 4.57 Å². The summed E-state index contributed by atoms with van der Waals surface area (Å²) in [6.45, 7) is 0. The zero-order valence-corrected chi connectivity index (χ0v) is 35.9. The molecule has 2 aromatic heterocycles. The number of hydrogen-bond donors (Lipinski definition) is 0. The third-order valence-corrected chi connectivity index (χ3v) is 13.1. The topological polar surface area (TPSA) is 24.6 Å². The number of anilines is 6. The van der Waals surface area contributed by atoms with E-state index in [-0.39, 0.29) is 0 Å². The van der Waals surface area contributed by atoms with Crippen LogP contribution in [0.3, 0.4) is 0 Å². The Labute approximate surface area is 382 Å². The molecular formula is C62H41N3O. The van der Waals surface area contributed by atoms with Crippen LogP contribution >= 0.6 is 0 Å². The monoisotopic (exact) mass is 843 g/mol. The molecule has 66 heavy (non-hydrogen) atoms. The summed E-state index contributed by atoms with van der Waals surface area (Å²) < 4.78 is 8.68. The van der Waals surface area contributed by atoms with Gasteiger partial charge in [-0.1, -0.05) is 140 Å². The van der Waals surface area contributed by atoms with Crippen molar-refractivity contribution in [1.29, 1.82) is 0 Å². The Balaban J connectivity index is 0.998. The molecule has 4 heteroatoms. The van der Waals surface area contributed by atoms with E-state index in [9.17, 15) is 0 Å². The molecule has 0 N–H and O–H groups in total. The molecule has 2 heterocycles. The lowest BCUT2D eigenvalue weighted by Crippen LogP contribution is -2.13. The summed E-state index contributed by atoms with van der Waals surface area (Å²) in [5.41, 5.74) is 14.0. The Hall–Kier alpha value is -8.86. The van der Waals surface area contributed by atoms with Crippen molar-refractivity contribution in [3.8, 4) is 16.8 Å². The van der Waals surface area contributed by atoms with E-state index in [4.69, 9.17) is 4.42 Å². The average molecular weight is 844 g/mol. The van der Waals surface area contributed by atoms with Gasteiger partial charge in [-0.05, 0) is 142 Å². The summed E-state index contributed by atoms with van der Waals surface area (Å²) in [6, 6.07) is 89.7. The molecule has 0 amide bonds. The molecule has 0 saturated heterocycles. The van der Waals surface area contributed by atoms with Gasteiger partial charge in [0.1, 0.15) is 11.2 Å². The van der Waals surface area contributed by atoms with Gasteiger partial charge in [0.15, 0.2) is 0 Å². The van der Waals surface area contributed by atoms with Crippen LogP contribution in [-0.2, 0) is 0 Å². The highest BCUT2D eigenvalue weighted by molar-refractivity contribution is 6.12. The highest BCUT2D eigenvalue weighted by atomic mass is 16.3. The molecule has 0 spiro atoms. The number of fused-ring (bicyclic) bond motifs is 8. The molecule has 0 fully saturated rings. The summed E-state index contributed by atoms with van der Waals surface area (Å²) in [7, 11) is 0. The predicted molar refractivity (Wildman–Crippen MR) is 278 cm³/mol. The standard InChI is InChI=1S/C62H41N3O/c1-4-15-42(16-5-1)43-27-28-45-36-52(31-29-44(45)35-43)64(54-33-34-56-55-23-10-12-25-59(55)65(60(56)41-54)49-19-8-3-9-20-49)51-22-14-21-50(40-51)63(48-17-6-2-7-18-48)53-32-30-46-39-62-58(38-47(46)37-53)57-24-11-13-26-61(57)66-62/h1-41H. The first-order valence-electron chi connectivity index (χ1n) is 22.5. The van der Waals surface area contributed by atoms with Gasteiger partial charge < -0.3 is 18.8 Å². The first kappa shape index (κ1) is 37.7. The lowest BCUT2D eigenvalue weighted by Gasteiger charge is -2.30. The Morgan fingerprint density at radius 2 is 0.818 bits per heavy atom. The van der Waals surface area contributed by atoms with Crippen molar-refractivity contribution in [2.24, 2.45) is 0 Å². The number of nitrogens with zero attached hydrogens (tertiary/aromatic N) is 3. The van der Waals surface area contributed by atoms with Crippen molar-refractivity contribution in [1.82, 2.24) is 4.57 Å². The lowest BCUT2D eigenvalue weighted by atomic mass is 10.0. The minimum absolute atomic E-state index is 0.900. The first-order valence-corrected chi connectivity index (χ1v) is 22.5. The smallest absolute Gasteiger partial charge is 0.136 e. The Kier molecular flexibility index (Phi) is 8.81. The maximum absolute atomic E-state index is 6.28. The van der Waals surface area contributed by atoms with Gasteiger partial charge in [0.25, 0.3) is 0 Å². The second-order valence-corrected chi connectivity index (χ2v) is 17.0. The molecule has 0 saturated carbocycles. The Morgan fingerprint density at radius 3 is 1.61 bits per heavy atom. The van der Waals surface area contributed by atoms with Crippen molar-refractivity contribution < 1.29 is 4.42 Å². The van der Waals surface area contributed by atoms with E-state index < -0.39 is 0 Å². The molecule has 0 aliphatic heterocycles. The first-order chi connectivity index (χ1) is 32.7. The molecule has 0 aliphatic carbocycles. The Morgan fingerprint density at radius 1 is 0.273 bits per heavy atom. The normalized spacial score (nSPS) is 11.6. The zero-order chi connectivity index (χ0) is 43.6. The van der Waals surface area contributed by atoms with Gasteiger partial charge in [-0.2, -0.15) is 0 Å². The molecule has 0 unspecified atom stereocenters. The SMILES string of the molecule is c1ccc(-c2ccc3cc(N(c4cccc(N(c5ccccc5)c5ccc6cc7oc8ccccc8c7cc6c5)c4)c4ccc5c6ccccc6n(-c6ccccc6)c5c4)ccc3c2)cc1. The van der Waals surface area contributed by atoms with Crippen LogP contribution in [0, 0.1) is 0 Å². The third kappa shape index (κ3) is 6.38. The van der Waals surface area contributed by atoms with E-state index in [1.54, 1.807) is 0 Å². The van der Waals surface area contributed by atoms with E-state index in [2.05, 4.69) is 251 Å². The second kappa shape index (κ2) is 15.4. The van der Waals surface area contributed by atoms with Gasteiger partial charge in [0.05, 0.1) is 11.0 Å². The van der Waals surface area contributed by atoms with Crippen molar-refractivity contribution >= 4 is 99.4 Å². The number of rotatable bonds is 8. The number of furan rings is 1. The van der Waals surface area contributed by atoms with Crippen molar-refractivity contribution in [3.63, 3.8) is 0 Å². The van der Waals surface area contributed by atoms with E-state index in [1.807, 2.05) is 12.1 Å². The molecule has 11 aromatic carbocycles. The second-order valence-electron chi connectivity index (χ2n) is 17.0. The number of aromatic nitrogens is 1. The van der Waals surface area contributed by atoms with Crippen LogP contribution in [0.1, 0.15) is 0 Å². The quantitative estimate of drug-likeness (QED) is 0.152. The average Bonchev–Trinajstić information content (AvgIpc) is 3.91. The lowest BCUT2D eigenvalue weighted by molar-refractivity contribution is 0.669. The zero-order valence-electron chi connectivity index (χ0n) is 35.9. The van der Waals surface area contributed by atoms with Gasteiger partial charge in [-0.25, -0.2) is 0 Å². The van der Waals surface area contributed by atoms with Crippen LogP contribution < -0.4 is 9.80 Å². The molecule has 0 radical (unpaired) electrons. The van der Waals surface area contributed by atoms with Crippen LogP contribution in [0.25, 0.3) is 82.1 Å². The number of para-hydroxylation sites is 4. The van der Waals surface area contributed by atoms with Crippen molar-refractivity contribution in [2.45, 2.75) is 0 Å². The summed E-state index contributed by atoms with van der Waals surface area (Å²) in [6.07, 6.45) is 0. The minimum Gasteiger partial charge on any atom is -0.456 e. The van der Waals surface area contributed by atoms with Crippen LogP contribution in [0.15, 0.2) is 253 Å². The highest BCUT2D eigenvalue weighted by Gasteiger charge is 2.21. The summed E-state index contributed by atoms with van der Waals surface area (Å²) in [5.74, 6) is 0. The van der Waals surface area contributed by atoms with Crippen molar-refractivity contribution in [2.75, 3.05) is 9.80 Å². The van der Waals surface area contributed by atoms with Gasteiger partial charge >= 0.3 is 0 Å². The van der Waals surface area contributed by atoms with E-state index in [0.717, 1.165) is 78.0 Å². The van der Waals surface area contributed by atoms with Crippen LogP contribution in [0.4, 0.5) is 34.1 Å². The van der Waals surface area contributed by atoms with E-state index in [1.165, 1.54) is 38.2 Å².